The lowest BCUT2D eigenvalue weighted by Crippen LogP contribution is -2.70. The molecule has 0 amide bonds. The largest absolute Gasteiger partial charge is 0.444 e. The van der Waals surface area contributed by atoms with Crippen LogP contribution in [0.2, 0.25) is 0 Å². The van der Waals surface area contributed by atoms with Crippen molar-refractivity contribution in [3.05, 3.63) is 0 Å². The quantitative estimate of drug-likeness (QED) is 0.545. The fourth-order valence-corrected chi connectivity index (χ4v) is 1.38. The van der Waals surface area contributed by atoms with E-state index in [4.69, 9.17) is 5.11 Å². The fourth-order valence-electron chi connectivity index (χ4n) is 1.38. The lowest BCUT2D eigenvalue weighted by Gasteiger charge is -2.40. The maximum Gasteiger partial charge on any atom is 0.431 e. The van der Waals surface area contributed by atoms with Crippen LogP contribution in [-0.2, 0) is 9.53 Å². The van der Waals surface area contributed by atoms with E-state index in [1.807, 2.05) is 0 Å². The lowest BCUT2D eigenvalue weighted by molar-refractivity contribution is -0.401. The zero-order valence-electron chi connectivity index (χ0n) is 12.3. The summed E-state index contributed by atoms with van der Waals surface area (Å²) in [7, 11) is 0. The molecule has 0 aliphatic carbocycles. The SMILES string of the molecule is CCC(C)(F)C(=O)OC(C(F)(F)F)C(F)(F)C(O)(C(F)F)C(F)(F)F. The van der Waals surface area contributed by atoms with E-state index in [2.05, 4.69) is 4.74 Å². The molecule has 3 atom stereocenters. The van der Waals surface area contributed by atoms with Gasteiger partial charge in [0.1, 0.15) is 0 Å². The van der Waals surface area contributed by atoms with E-state index in [1.54, 1.807) is 0 Å². The summed E-state index contributed by atoms with van der Waals surface area (Å²) >= 11 is 0. The molecule has 0 aromatic carbocycles. The molecule has 0 saturated heterocycles. The Bertz CT molecular complexity index is 483. The summed E-state index contributed by atoms with van der Waals surface area (Å²) in [6.07, 6.45) is -25.1. The molecule has 0 heterocycles. The Balaban J connectivity index is 6.25. The fraction of sp³-hybridized carbons (Fsp3) is 0.909. The third-order valence-electron chi connectivity index (χ3n) is 3.20. The number of halogens is 11. The van der Waals surface area contributed by atoms with E-state index >= 15 is 0 Å². The van der Waals surface area contributed by atoms with Crippen molar-refractivity contribution in [1.82, 2.24) is 0 Å². The van der Waals surface area contributed by atoms with E-state index in [-0.39, 0.29) is 6.92 Å². The van der Waals surface area contributed by atoms with Crippen LogP contribution in [0.1, 0.15) is 20.3 Å². The summed E-state index contributed by atoms with van der Waals surface area (Å²) in [5, 5.41) is 8.65. The highest BCUT2D eigenvalue weighted by Crippen LogP contribution is 2.51. The highest BCUT2D eigenvalue weighted by molar-refractivity contribution is 5.79. The lowest BCUT2D eigenvalue weighted by atomic mass is 9.90. The Hall–Kier alpha value is -1.34. The molecular weight excluding hydrogens is 389 g/mol. The number of hydrogen-bond acceptors (Lipinski definition) is 3. The molecule has 0 aromatic rings. The van der Waals surface area contributed by atoms with Crippen molar-refractivity contribution < 1.29 is 62.9 Å². The van der Waals surface area contributed by atoms with Crippen LogP contribution < -0.4 is 0 Å². The third-order valence-corrected chi connectivity index (χ3v) is 3.20. The van der Waals surface area contributed by atoms with E-state index < -0.39 is 54.5 Å². The van der Waals surface area contributed by atoms with Gasteiger partial charge in [0.25, 0.3) is 18.1 Å². The van der Waals surface area contributed by atoms with Gasteiger partial charge in [-0.15, -0.1) is 0 Å². The molecule has 1 N–H and O–H groups in total. The first-order valence-corrected chi connectivity index (χ1v) is 6.18. The number of alkyl halides is 11. The Kier molecular flexibility index (Phi) is 6.40. The second kappa shape index (κ2) is 6.76. The first-order valence-electron chi connectivity index (χ1n) is 6.18. The second-order valence-electron chi connectivity index (χ2n) is 5.07. The zero-order valence-corrected chi connectivity index (χ0v) is 12.3. The molecule has 0 radical (unpaired) electrons. The molecule has 0 aliphatic rings. The smallest absolute Gasteiger partial charge is 0.431 e. The van der Waals surface area contributed by atoms with Crippen LogP contribution in [0.3, 0.4) is 0 Å². The van der Waals surface area contributed by atoms with E-state index in [9.17, 15) is 53.1 Å². The second-order valence-corrected chi connectivity index (χ2v) is 5.07. The summed E-state index contributed by atoms with van der Waals surface area (Å²) in [5.74, 6) is -9.47. The van der Waals surface area contributed by atoms with Crippen LogP contribution in [0.5, 0.6) is 0 Å². The minimum Gasteiger partial charge on any atom is -0.444 e. The highest BCUT2D eigenvalue weighted by Gasteiger charge is 2.81. The molecule has 25 heavy (non-hydrogen) atoms. The van der Waals surface area contributed by atoms with Gasteiger partial charge in [0.15, 0.2) is 0 Å². The summed E-state index contributed by atoms with van der Waals surface area (Å²) in [6.45, 7) is 1.12. The number of carbonyl (C=O) groups excluding carboxylic acids is 1. The summed E-state index contributed by atoms with van der Waals surface area (Å²) < 4.78 is 144. The number of hydrogen-bond donors (Lipinski definition) is 1. The molecule has 0 aliphatic heterocycles. The predicted molar refractivity (Wildman–Crippen MR) is 57.7 cm³/mol. The van der Waals surface area contributed by atoms with Crippen LogP contribution in [0.15, 0.2) is 0 Å². The third kappa shape index (κ3) is 4.26. The number of rotatable bonds is 6. The van der Waals surface area contributed by atoms with Gasteiger partial charge in [0.05, 0.1) is 0 Å². The first kappa shape index (κ1) is 23.7. The normalized spacial score (nSPS) is 20.0. The Morgan fingerprint density at radius 1 is 1.00 bits per heavy atom. The zero-order chi connectivity index (χ0) is 20.6. The molecule has 3 unspecified atom stereocenters. The van der Waals surface area contributed by atoms with Gasteiger partial charge in [-0.3, -0.25) is 0 Å². The number of carbonyl (C=O) groups is 1. The molecule has 0 fully saturated rings. The van der Waals surface area contributed by atoms with Gasteiger partial charge in [0.2, 0.25) is 5.67 Å². The Labute approximate surface area is 132 Å². The molecular formula is C11H11F11O3. The van der Waals surface area contributed by atoms with Gasteiger partial charge in [-0.2, -0.15) is 35.1 Å². The topological polar surface area (TPSA) is 46.5 Å². The van der Waals surface area contributed by atoms with E-state index in [0.29, 0.717) is 0 Å². The minimum atomic E-state index is -6.95. The van der Waals surface area contributed by atoms with Gasteiger partial charge in [-0.05, 0) is 13.3 Å². The highest BCUT2D eigenvalue weighted by atomic mass is 19.4. The minimum absolute atomic E-state index is 0.268. The summed E-state index contributed by atoms with van der Waals surface area (Å²) in [5.41, 5.74) is -9.85. The average molecular weight is 400 g/mol. The maximum absolute atomic E-state index is 13.7. The average Bonchev–Trinajstić information content (AvgIpc) is 2.39. The first-order chi connectivity index (χ1) is 10.8. The van der Waals surface area contributed by atoms with Crippen LogP contribution in [0, 0.1) is 0 Å². The van der Waals surface area contributed by atoms with Gasteiger partial charge in [-0.25, -0.2) is 18.0 Å². The van der Waals surface area contributed by atoms with Gasteiger partial charge in [-0.1, -0.05) is 6.92 Å². The molecule has 0 spiro atoms. The van der Waals surface area contributed by atoms with Gasteiger partial charge < -0.3 is 9.84 Å². The number of esters is 1. The van der Waals surface area contributed by atoms with Crippen LogP contribution in [0.25, 0.3) is 0 Å². The van der Waals surface area contributed by atoms with Crippen LogP contribution >= 0.6 is 0 Å². The van der Waals surface area contributed by atoms with Gasteiger partial charge >= 0.3 is 24.2 Å². The molecule has 0 saturated carbocycles. The summed E-state index contributed by atoms with van der Waals surface area (Å²) in [4.78, 5) is 11.2. The monoisotopic (exact) mass is 400 g/mol. The molecule has 0 bridgehead atoms. The van der Waals surface area contributed by atoms with E-state index in [1.165, 1.54) is 0 Å². The molecule has 150 valence electrons. The predicted octanol–water partition coefficient (Wildman–Crippen LogP) is 3.79. The van der Waals surface area contributed by atoms with Crippen molar-refractivity contribution in [2.24, 2.45) is 0 Å². The van der Waals surface area contributed by atoms with Crippen molar-refractivity contribution >= 4 is 5.97 Å². The van der Waals surface area contributed by atoms with Crippen LogP contribution in [-0.4, -0.2) is 53.2 Å². The van der Waals surface area contributed by atoms with Gasteiger partial charge in [0, 0.05) is 0 Å². The molecule has 3 nitrogen and oxygen atoms in total. The number of aliphatic hydroxyl groups is 1. The number of ether oxygens (including phenoxy) is 1. The van der Waals surface area contributed by atoms with Crippen molar-refractivity contribution in [3.8, 4) is 0 Å². The van der Waals surface area contributed by atoms with Crippen molar-refractivity contribution in [1.29, 1.82) is 0 Å². The standard InChI is InChI=1S/C11H11F11O3/c1-3-7(2,14)6(23)25-4(10(17,18)19)9(15,16)8(24,5(12)13)11(20,21)22/h4-5,24H,3H2,1-2H3. The molecule has 14 heteroatoms. The van der Waals surface area contributed by atoms with Crippen molar-refractivity contribution in [3.63, 3.8) is 0 Å². The van der Waals surface area contributed by atoms with E-state index in [0.717, 1.165) is 6.92 Å². The van der Waals surface area contributed by atoms with Crippen molar-refractivity contribution in [2.75, 3.05) is 0 Å². The van der Waals surface area contributed by atoms with Crippen molar-refractivity contribution in [2.45, 2.75) is 62.3 Å². The Morgan fingerprint density at radius 2 is 1.40 bits per heavy atom. The molecule has 0 rings (SSSR count). The van der Waals surface area contributed by atoms with Crippen LogP contribution in [0.4, 0.5) is 48.3 Å². The Morgan fingerprint density at radius 3 is 1.64 bits per heavy atom. The molecule has 0 aromatic heterocycles. The maximum atomic E-state index is 13.7. The summed E-state index contributed by atoms with van der Waals surface area (Å²) in [6, 6.07) is 0.